The van der Waals surface area contributed by atoms with E-state index in [1.54, 1.807) is 0 Å². The first kappa shape index (κ1) is 32.1. The average Bonchev–Trinajstić information content (AvgIpc) is 3.22. The number of rotatable bonds is 14. The number of allylic oxidation sites excluding steroid dienone is 2. The number of unbranched alkanes of at least 4 members (excludes halogenated alkanes) is 4. The van der Waals surface area contributed by atoms with Crippen molar-refractivity contribution in [3.8, 4) is 0 Å². The van der Waals surface area contributed by atoms with Gasteiger partial charge in [-0.05, 0) is 73.9 Å². The summed E-state index contributed by atoms with van der Waals surface area (Å²) in [5, 5.41) is 0. The van der Waals surface area contributed by atoms with Crippen molar-refractivity contribution < 1.29 is 19.6 Å². The van der Waals surface area contributed by atoms with Crippen molar-refractivity contribution >= 4 is 11.4 Å². The van der Waals surface area contributed by atoms with Crippen molar-refractivity contribution in [2.45, 2.75) is 85.0 Å². The van der Waals surface area contributed by atoms with E-state index in [4.69, 9.17) is 0 Å². The molecule has 1 aliphatic heterocycles. The van der Waals surface area contributed by atoms with Gasteiger partial charge in [-0.25, -0.2) is 4.70 Å². The molecule has 0 radical (unpaired) electrons. The van der Waals surface area contributed by atoms with Gasteiger partial charge >= 0.3 is 51.0 Å². The molecule has 2 aromatic rings. The van der Waals surface area contributed by atoms with Gasteiger partial charge in [-0.15, -0.1) is 0 Å². The standard InChI is InChI=1S/C29H38N2.2C2H6N.Ni/c1-4-7-10-13-23-17-19-25(20-18-23)28-22-27(15-9-6-3)29(31(28)30)26-16-11-14-24(21-26)12-8-5-2;2*1-3-2;/h11,14,16-22H,4-10,12-13,15H2,1-3H3;2*1-2H3;/q;2*-1;+2. The molecular formula is C33H50N4Ni. The van der Waals surface area contributed by atoms with Crippen LogP contribution in [0, 0.1) is 0 Å². The van der Waals surface area contributed by atoms with Crippen LogP contribution in [0.4, 0.5) is 0 Å². The van der Waals surface area contributed by atoms with E-state index in [-0.39, 0.29) is 0 Å². The molecule has 0 fully saturated rings. The zero-order valence-electron chi connectivity index (χ0n) is 24.9. The minimum atomic E-state index is 0.889. The molecule has 0 N–H and O–H groups in total. The first-order valence-electron chi connectivity index (χ1n) is 14.4. The maximum absolute atomic E-state index is 11.2. The molecule has 38 heavy (non-hydrogen) atoms. The number of benzene rings is 2. The normalized spacial score (nSPS) is 13.4. The van der Waals surface area contributed by atoms with Gasteiger partial charge in [0.15, 0.2) is 0 Å². The van der Waals surface area contributed by atoms with Crippen molar-refractivity contribution in [2.75, 3.05) is 28.2 Å². The van der Waals surface area contributed by atoms with Gasteiger partial charge in [0.2, 0.25) is 11.4 Å². The Hall–Kier alpha value is -2.07. The first-order valence-corrected chi connectivity index (χ1v) is 15.3. The molecule has 0 unspecified atom stereocenters. The first-order chi connectivity index (χ1) is 18.3. The molecule has 5 heteroatoms. The van der Waals surface area contributed by atoms with Crippen LogP contribution in [0.5, 0.6) is 0 Å². The Morgan fingerprint density at radius 3 is 1.87 bits per heavy atom. The molecule has 3 rings (SSSR count). The van der Waals surface area contributed by atoms with Gasteiger partial charge in [0.1, 0.15) is 0 Å². The second kappa shape index (κ2) is 17.5. The van der Waals surface area contributed by atoms with E-state index in [2.05, 4.69) is 83.3 Å². The Bertz CT molecular complexity index is 1040. The number of aryl methyl sites for hydroxylation is 2. The molecular weight excluding hydrogens is 511 g/mol. The second-order valence-electron chi connectivity index (χ2n) is 10.3. The Morgan fingerprint density at radius 2 is 1.29 bits per heavy atom. The zero-order chi connectivity index (χ0) is 27.9. The van der Waals surface area contributed by atoms with Crippen LogP contribution in [-0.4, -0.2) is 40.8 Å². The van der Waals surface area contributed by atoms with Crippen molar-refractivity contribution in [1.82, 2.24) is 7.96 Å². The summed E-state index contributed by atoms with van der Waals surface area (Å²) in [5.74, 6) is 0. The summed E-state index contributed by atoms with van der Waals surface area (Å²) >= 11 is 1.51. The molecule has 2 aromatic carbocycles. The number of hydrogen-bond acceptors (Lipinski definition) is 2. The Kier molecular flexibility index (Phi) is 14.8. The van der Waals surface area contributed by atoms with Gasteiger partial charge in [0.25, 0.3) is 0 Å². The van der Waals surface area contributed by atoms with E-state index in [1.807, 2.05) is 28.2 Å². The summed E-state index contributed by atoms with van der Waals surface area (Å²) < 4.78 is 5.55. The van der Waals surface area contributed by atoms with Gasteiger partial charge in [-0.2, -0.15) is 0 Å². The minimum absolute atomic E-state index is 0.889. The van der Waals surface area contributed by atoms with Crippen LogP contribution in [-0.2, 0) is 27.7 Å². The summed E-state index contributed by atoms with van der Waals surface area (Å²) in [7, 11) is 8.11. The maximum atomic E-state index is 11.2. The van der Waals surface area contributed by atoms with E-state index in [0.29, 0.717) is 0 Å². The van der Waals surface area contributed by atoms with Crippen LogP contribution in [0.2, 0.25) is 0 Å². The van der Waals surface area contributed by atoms with Crippen LogP contribution >= 0.6 is 0 Å². The molecule has 0 bridgehead atoms. The van der Waals surface area contributed by atoms with Crippen molar-refractivity contribution in [1.29, 1.82) is 0 Å². The molecule has 0 aromatic heterocycles. The van der Waals surface area contributed by atoms with Crippen LogP contribution in [0.25, 0.3) is 16.9 Å². The van der Waals surface area contributed by atoms with E-state index < -0.39 is 0 Å². The van der Waals surface area contributed by atoms with E-state index >= 15 is 0 Å². The quantitative estimate of drug-likeness (QED) is 0.131. The van der Waals surface area contributed by atoms with Gasteiger partial charge in [0.05, 0.1) is 0 Å². The van der Waals surface area contributed by atoms with Gasteiger partial charge < -0.3 is 5.53 Å². The molecule has 1 heterocycles. The van der Waals surface area contributed by atoms with Gasteiger partial charge in [0, 0.05) is 22.8 Å². The second-order valence-corrected chi connectivity index (χ2v) is 12.3. The molecule has 212 valence electrons. The fraction of sp³-hybridized carbons (Fsp3) is 0.515. The third-order valence-electron chi connectivity index (χ3n) is 6.45. The van der Waals surface area contributed by atoms with Crippen molar-refractivity contribution in [3.05, 3.63) is 88.0 Å². The third-order valence-corrected chi connectivity index (χ3v) is 7.24. The van der Waals surface area contributed by atoms with E-state index in [1.165, 1.54) is 68.4 Å². The fourth-order valence-electron chi connectivity index (χ4n) is 4.55. The summed E-state index contributed by atoms with van der Waals surface area (Å²) in [6, 6.07) is 17.5. The summed E-state index contributed by atoms with van der Waals surface area (Å²) in [6.07, 6.45) is 13.8. The van der Waals surface area contributed by atoms with Crippen LogP contribution in [0.1, 0.15) is 94.4 Å². The molecule has 4 nitrogen and oxygen atoms in total. The van der Waals surface area contributed by atoms with E-state index in [9.17, 15) is 5.53 Å². The number of nitrogens with zero attached hydrogens (tertiary/aromatic N) is 4. The average molecular weight is 561 g/mol. The van der Waals surface area contributed by atoms with Gasteiger partial charge in [-0.3, -0.25) is 0 Å². The summed E-state index contributed by atoms with van der Waals surface area (Å²) in [5.41, 5.74) is 19.2. The predicted octanol–water partition coefficient (Wildman–Crippen LogP) is 8.77. The number of hydrogen-bond donors (Lipinski definition) is 0. The van der Waals surface area contributed by atoms with Crippen LogP contribution in [0.15, 0.2) is 60.2 Å². The van der Waals surface area contributed by atoms with E-state index in [0.717, 1.165) is 54.6 Å². The topological polar surface area (TPSA) is 31.8 Å². The summed E-state index contributed by atoms with van der Waals surface area (Å²) in [6.45, 7) is 6.69. The summed E-state index contributed by atoms with van der Waals surface area (Å²) in [4.78, 5) is 0. The van der Waals surface area contributed by atoms with Crippen molar-refractivity contribution in [3.63, 3.8) is 0 Å². The molecule has 0 saturated carbocycles. The molecule has 0 spiro atoms. The Balaban J connectivity index is 0.000000638. The molecule has 0 aliphatic carbocycles. The van der Waals surface area contributed by atoms with Crippen LogP contribution in [0.3, 0.4) is 0 Å². The third kappa shape index (κ3) is 10.6. The van der Waals surface area contributed by atoms with Crippen LogP contribution < -0.4 is 0 Å². The monoisotopic (exact) mass is 560 g/mol. The molecule has 0 atom stereocenters. The fourth-order valence-corrected chi connectivity index (χ4v) is 5.34. The SMILES string of the molecule is CCCCCc1ccc(C2=CC(CCCC)=C(c3cccc(CCCC)c3)[N+]2=[N-])cc1.C[N](C)[Ni][N](C)C. The Labute approximate surface area is 239 Å². The zero-order valence-corrected chi connectivity index (χ0v) is 25.9. The Morgan fingerprint density at radius 1 is 0.684 bits per heavy atom. The van der Waals surface area contributed by atoms with Crippen molar-refractivity contribution in [2.24, 2.45) is 0 Å². The van der Waals surface area contributed by atoms with Gasteiger partial charge in [-0.1, -0.05) is 70.7 Å². The predicted molar refractivity (Wildman–Crippen MR) is 160 cm³/mol. The molecule has 1 aliphatic rings. The molecule has 0 amide bonds. The molecule has 0 saturated heterocycles.